The molecule has 0 unspecified atom stereocenters. The van der Waals surface area contributed by atoms with E-state index in [1.807, 2.05) is 31.0 Å². The van der Waals surface area contributed by atoms with Crippen LogP contribution in [0.4, 0.5) is 5.82 Å². The molecule has 2 saturated heterocycles. The SMILES string of the molecule is Cc1ccc(N2CC[C@H]3[C@H](COCC4CC4)CN(C)C(=O)[C@H]3CC2)nn1. The average molecular weight is 358 g/mol. The summed E-state index contributed by atoms with van der Waals surface area (Å²) in [5.41, 5.74) is 0.932. The Kier molecular flexibility index (Phi) is 5.11. The summed E-state index contributed by atoms with van der Waals surface area (Å²) in [6, 6.07) is 4.05. The number of hydrogen-bond acceptors (Lipinski definition) is 5. The summed E-state index contributed by atoms with van der Waals surface area (Å²) >= 11 is 0. The minimum Gasteiger partial charge on any atom is -0.381 e. The summed E-state index contributed by atoms with van der Waals surface area (Å²) in [6.45, 7) is 6.28. The molecule has 142 valence electrons. The minimum atomic E-state index is 0.117. The van der Waals surface area contributed by atoms with Crippen molar-refractivity contribution < 1.29 is 9.53 Å². The van der Waals surface area contributed by atoms with Crippen molar-refractivity contribution in [1.29, 1.82) is 0 Å². The van der Waals surface area contributed by atoms with Crippen LogP contribution in [0.1, 0.15) is 31.4 Å². The molecule has 4 rings (SSSR count). The summed E-state index contributed by atoms with van der Waals surface area (Å²) in [4.78, 5) is 17.0. The lowest BCUT2D eigenvalue weighted by atomic mass is 9.75. The molecule has 3 fully saturated rings. The number of likely N-dealkylation sites (tertiary alicyclic amines) is 1. The third-order valence-corrected chi connectivity index (χ3v) is 6.26. The molecule has 1 aromatic rings. The molecule has 6 heteroatoms. The Morgan fingerprint density at radius 3 is 2.65 bits per heavy atom. The Morgan fingerprint density at radius 2 is 1.92 bits per heavy atom. The number of aromatic nitrogens is 2. The second kappa shape index (κ2) is 7.51. The Bertz CT molecular complexity index is 631. The highest BCUT2D eigenvalue weighted by molar-refractivity contribution is 5.80. The van der Waals surface area contributed by atoms with Crippen molar-refractivity contribution in [3.05, 3.63) is 17.8 Å². The maximum Gasteiger partial charge on any atom is 0.225 e. The Hall–Kier alpha value is -1.69. The van der Waals surface area contributed by atoms with Gasteiger partial charge in [-0.05, 0) is 56.6 Å². The molecule has 0 spiro atoms. The van der Waals surface area contributed by atoms with Crippen LogP contribution in [0.2, 0.25) is 0 Å². The quantitative estimate of drug-likeness (QED) is 0.807. The van der Waals surface area contributed by atoms with E-state index in [1.54, 1.807) is 0 Å². The predicted molar refractivity (Wildman–Crippen MR) is 99.9 cm³/mol. The van der Waals surface area contributed by atoms with Gasteiger partial charge >= 0.3 is 0 Å². The second-order valence-corrected chi connectivity index (χ2v) is 8.33. The molecule has 0 N–H and O–H groups in total. The van der Waals surface area contributed by atoms with E-state index >= 15 is 0 Å². The molecule has 26 heavy (non-hydrogen) atoms. The molecule has 3 aliphatic rings. The van der Waals surface area contributed by atoms with E-state index in [0.29, 0.717) is 17.7 Å². The number of carbonyl (C=O) groups is 1. The van der Waals surface area contributed by atoms with Crippen molar-refractivity contribution >= 4 is 11.7 Å². The molecule has 1 aliphatic carbocycles. The van der Waals surface area contributed by atoms with Gasteiger partial charge in [-0.2, -0.15) is 5.10 Å². The van der Waals surface area contributed by atoms with Crippen LogP contribution in [0, 0.1) is 30.6 Å². The average Bonchev–Trinajstić information content (AvgIpc) is 3.46. The second-order valence-electron chi connectivity index (χ2n) is 8.33. The molecular weight excluding hydrogens is 328 g/mol. The van der Waals surface area contributed by atoms with Gasteiger partial charge in [-0.3, -0.25) is 4.79 Å². The highest BCUT2D eigenvalue weighted by Crippen LogP contribution is 2.37. The van der Waals surface area contributed by atoms with E-state index < -0.39 is 0 Å². The van der Waals surface area contributed by atoms with Gasteiger partial charge in [0.05, 0.1) is 12.3 Å². The minimum absolute atomic E-state index is 0.117. The zero-order valence-electron chi connectivity index (χ0n) is 15.9. The van der Waals surface area contributed by atoms with E-state index in [4.69, 9.17) is 4.74 Å². The topological polar surface area (TPSA) is 58.6 Å². The number of nitrogens with zero attached hydrogens (tertiary/aromatic N) is 4. The van der Waals surface area contributed by atoms with Crippen LogP contribution in [0.15, 0.2) is 12.1 Å². The number of ether oxygens (including phenoxy) is 1. The zero-order chi connectivity index (χ0) is 18.1. The fraction of sp³-hybridized carbons (Fsp3) is 0.750. The van der Waals surface area contributed by atoms with Gasteiger partial charge in [0.1, 0.15) is 0 Å². The van der Waals surface area contributed by atoms with Crippen molar-refractivity contribution in [2.45, 2.75) is 32.6 Å². The maximum atomic E-state index is 12.8. The molecule has 0 bridgehead atoms. The van der Waals surface area contributed by atoms with E-state index in [0.717, 1.165) is 63.1 Å². The third-order valence-electron chi connectivity index (χ3n) is 6.26. The summed E-state index contributed by atoms with van der Waals surface area (Å²) in [5.74, 6) is 3.01. The third kappa shape index (κ3) is 3.85. The lowest BCUT2D eigenvalue weighted by Gasteiger charge is -2.41. The van der Waals surface area contributed by atoms with Crippen molar-refractivity contribution in [2.75, 3.05) is 44.8 Å². The number of hydrogen-bond donors (Lipinski definition) is 0. The largest absolute Gasteiger partial charge is 0.381 e. The first-order valence-electron chi connectivity index (χ1n) is 10.00. The zero-order valence-corrected chi connectivity index (χ0v) is 15.9. The van der Waals surface area contributed by atoms with Crippen molar-refractivity contribution in [2.24, 2.45) is 23.7 Å². The van der Waals surface area contributed by atoms with Gasteiger partial charge in [0.25, 0.3) is 0 Å². The molecule has 0 radical (unpaired) electrons. The van der Waals surface area contributed by atoms with Crippen LogP contribution in [-0.2, 0) is 9.53 Å². The summed E-state index contributed by atoms with van der Waals surface area (Å²) in [6.07, 6.45) is 4.56. The number of fused-ring (bicyclic) bond motifs is 1. The first-order valence-corrected chi connectivity index (χ1v) is 10.00. The number of anilines is 1. The van der Waals surface area contributed by atoms with Crippen molar-refractivity contribution in [3.63, 3.8) is 0 Å². The standard InChI is InChI=1S/C20H30N4O2/c1-14-3-6-19(22-21-14)24-9-7-17-16(13-26-12-15-4-5-15)11-23(2)20(25)18(17)8-10-24/h3,6,15-18H,4-5,7-13H2,1-2H3/t16-,17-,18-/m0/s1. The van der Waals surface area contributed by atoms with Gasteiger partial charge in [-0.25, -0.2) is 0 Å². The van der Waals surface area contributed by atoms with Crippen LogP contribution in [0.3, 0.4) is 0 Å². The number of amides is 1. The Balaban J connectivity index is 1.44. The first kappa shape index (κ1) is 17.7. The van der Waals surface area contributed by atoms with Crippen LogP contribution < -0.4 is 4.90 Å². The van der Waals surface area contributed by atoms with Gasteiger partial charge in [-0.15, -0.1) is 5.10 Å². The number of carbonyl (C=O) groups excluding carboxylic acids is 1. The van der Waals surface area contributed by atoms with Gasteiger partial charge < -0.3 is 14.5 Å². The molecule has 1 amide bonds. The molecule has 1 saturated carbocycles. The molecule has 1 aromatic heterocycles. The molecule has 0 aromatic carbocycles. The van der Waals surface area contributed by atoms with Crippen LogP contribution in [0.5, 0.6) is 0 Å². The maximum absolute atomic E-state index is 12.8. The van der Waals surface area contributed by atoms with Gasteiger partial charge in [0, 0.05) is 45.1 Å². The number of piperidine rings is 1. The fourth-order valence-corrected chi connectivity index (χ4v) is 4.49. The molecular formula is C20H30N4O2. The summed E-state index contributed by atoms with van der Waals surface area (Å²) < 4.78 is 6.02. The van der Waals surface area contributed by atoms with E-state index in [9.17, 15) is 4.79 Å². The normalized spacial score (nSPS) is 29.5. The van der Waals surface area contributed by atoms with E-state index in [1.165, 1.54) is 12.8 Å². The highest BCUT2D eigenvalue weighted by Gasteiger charge is 2.42. The highest BCUT2D eigenvalue weighted by atomic mass is 16.5. The number of rotatable bonds is 5. The van der Waals surface area contributed by atoms with Crippen molar-refractivity contribution in [1.82, 2.24) is 15.1 Å². The lowest BCUT2D eigenvalue weighted by molar-refractivity contribution is -0.144. The van der Waals surface area contributed by atoms with E-state index in [2.05, 4.69) is 15.1 Å². The summed E-state index contributed by atoms with van der Waals surface area (Å²) in [5, 5.41) is 8.54. The smallest absolute Gasteiger partial charge is 0.225 e. The molecule has 2 aliphatic heterocycles. The monoisotopic (exact) mass is 358 g/mol. The number of aryl methyl sites for hydroxylation is 1. The molecule has 3 heterocycles. The first-order chi connectivity index (χ1) is 12.6. The lowest BCUT2D eigenvalue weighted by Crippen LogP contribution is -2.50. The fourth-order valence-electron chi connectivity index (χ4n) is 4.49. The van der Waals surface area contributed by atoms with Crippen LogP contribution in [0.25, 0.3) is 0 Å². The molecule has 6 nitrogen and oxygen atoms in total. The molecule has 3 atom stereocenters. The Morgan fingerprint density at radius 1 is 1.12 bits per heavy atom. The van der Waals surface area contributed by atoms with Gasteiger partial charge in [0.15, 0.2) is 5.82 Å². The van der Waals surface area contributed by atoms with Crippen LogP contribution >= 0.6 is 0 Å². The van der Waals surface area contributed by atoms with Gasteiger partial charge in [0.2, 0.25) is 5.91 Å². The van der Waals surface area contributed by atoms with Gasteiger partial charge in [-0.1, -0.05) is 0 Å². The van der Waals surface area contributed by atoms with Crippen LogP contribution in [-0.4, -0.2) is 60.9 Å². The van der Waals surface area contributed by atoms with E-state index in [-0.39, 0.29) is 5.92 Å². The van der Waals surface area contributed by atoms with Crippen molar-refractivity contribution in [3.8, 4) is 0 Å². The summed E-state index contributed by atoms with van der Waals surface area (Å²) in [7, 11) is 1.94. The predicted octanol–water partition coefficient (Wildman–Crippen LogP) is 2.13. The Labute approximate surface area is 155 Å².